The third kappa shape index (κ3) is 4.17. The predicted molar refractivity (Wildman–Crippen MR) is 94.6 cm³/mol. The molecule has 0 bridgehead atoms. The molecule has 23 heavy (non-hydrogen) atoms. The topological polar surface area (TPSA) is 32.8 Å². The maximum atomic E-state index is 12.6. The third-order valence-corrected chi connectivity index (χ3v) is 3.85. The zero-order chi connectivity index (χ0) is 17.0. The fraction of sp³-hybridized carbons (Fsp3) is 0.278. The van der Waals surface area contributed by atoms with Crippen LogP contribution in [0.2, 0.25) is 5.02 Å². The summed E-state index contributed by atoms with van der Waals surface area (Å²) in [5, 5.41) is 0.512. The van der Waals surface area contributed by atoms with Crippen LogP contribution < -0.4 is 9.64 Å². The van der Waals surface area contributed by atoms with Crippen molar-refractivity contribution in [1.82, 2.24) is 4.90 Å². The number of hydrogen-bond donors (Lipinski definition) is 0. The van der Waals surface area contributed by atoms with Crippen LogP contribution in [0.5, 0.6) is 5.75 Å². The van der Waals surface area contributed by atoms with Crippen molar-refractivity contribution in [3.63, 3.8) is 0 Å². The third-order valence-electron chi connectivity index (χ3n) is 3.61. The monoisotopic (exact) mass is 332 g/mol. The maximum Gasteiger partial charge on any atom is 0.257 e. The first-order chi connectivity index (χ1) is 10.9. The Morgan fingerprint density at radius 1 is 1.09 bits per heavy atom. The summed E-state index contributed by atoms with van der Waals surface area (Å²) in [6.45, 7) is 0.516. The van der Waals surface area contributed by atoms with Gasteiger partial charge in [-0.1, -0.05) is 23.7 Å². The van der Waals surface area contributed by atoms with Crippen molar-refractivity contribution in [2.75, 3.05) is 33.2 Å². The number of amides is 1. The molecule has 2 aromatic carbocycles. The second kappa shape index (κ2) is 7.38. The highest BCUT2D eigenvalue weighted by molar-refractivity contribution is 6.31. The molecule has 0 fully saturated rings. The molecule has 0 spiro atoms. The normalized spacial score (nSPS) is 10.3. The number of anilines is 1. The number of nitrogens with zero attached hydrogens (tertiary/aromatic N) is 2. The number of ether oxygens (including phenoxy) is 1. The van der Waals surface area contributed by atoms with E-state index in [4.69, 9.17) is 16.3 Å². The second-order valence-electron chi connectivity index (χ2n) is 5.57. The van der Waals surface area contributed by atoms with Crippen LogP contribution >= 0.6 is 11.6 Å². The van der Waals surface area contributed by atoms with Gasteiger partial charge in [0, 0.05) is 38.4 Å². The van der Waals surface area contributed by atoms with Crippen molar-refractivity contribution < 1.29 is 9.53 Å². The van der Waals surface area contributed by atoms with Crippen molar-refractivity contribution in [1.29, 1.82) is 0 Å². The van der Waals surface area contributed by atoms with Gasteiger partial charge in [0.25, 0.3) is 5.91 Å². The summed E-state index contributed by atoms with van der Waals surface area (Å²) in [6.07, 6.45) is 0. The van der Waals surface area contributed by atoms with Crippen LogP contribution in [0.15, 0.2) is 42.5 Å². The number of carbonyl (C=O) groups excluding carboxylic acids is 1. The highest BCUT2D eigenvalue weighted by atomic mass is 35.5. The van der Waals surface area contributed by atoms with Gasteiger partial charge < -0.3 is 14.5 Å². The van der Waals surface area contributed by atoms with Crippen LogP contribution in [0.3, 0.4) is 0 Å². The molecule has 0 aliphatic heterocycles. The summed E-state index contributed by atoms with van der Waals surface area (Å²) in [5.74, 6) is 0.398. The molecule has 122 valence electrons. The molecule has 0 saturated heterocycles. The molecular weight excluding hydrogens is 312 g/mol. The van der Waals surface area contributed by atoms with Gasteiger partial charge in [-0.2, -0.15) is 0 Å². The standard InChI is InChI=1S/C18H21ClN2O2/c1-20(2)15-8-5-13(6-9-15)12-21(3)18(22)16-11-14(19)7-10-17(16)23-4/h5-11H,12H2,1-4H3. The molecular formula is C18H21ClN2O2. The van der Waals surface area contributed by atoms with Gasteiger partial charge in [0.05, 0.1) is 12.7 Å². The average Bonchev–Trinajstić information content (AvgIpc) is 2.54. The van der Waals surface area contributed by atoms with Gasteiger partial charge in [-0.05, 0) is 35.9 Å². The van der Waals surface area contributed by atoms with Crippen molar-refractivity contribution in [3.05, 3.63) is 58.6 Å². The molecule has 0 aromatic heterocycles. The Hall–Kier alpha value is -2.20. The van der Waals surface area contributed by atoms with E-state index < -0.39 is 0 Å². The van der Waals surface area contributed by atoms with Gasteiger partial charge in [-0.25, -0.2) is 0 Å². The lowest BCUT2D eigenvalue weighted by Crippen LogP contribution is -2.26. The molecule has 0 saturated carbocycles. The number of carbonyl (C=O) groups is 1. The van der Waals surface area contributed by atoms with E-state index in [0.29, 0.717) is 22.9 Å². The maximum absolute atomic E-state index is 12.6. The first-order valence-electron chi connectivity index (χ1n) is 7.27. The lowest BCUT2D eigenvalue weighted by atomic mass is 10.1. The fourth-order valence-electron chi connectivity index (χ4n) is 2.30. The molecule has 2 aromatic rings. The highest BCUT2D eigenvalue weighted by Gasteiger charge is 2.17. The van der Waals surface area contributed by atoms with E-state index in [1.165, 1.54) is 0 Å². The molecule has 0 radical (unpaired) electrons. The van der Waals surface area contributed by atoms with Crippen LogP contribution in [-0.4, -0.2) is 39.1 Å². The minimum Gasteiger partial charge on any atom is -0.496 e. The Bertz CT molecular complexity index is 684. The first kappa shape index (κ1) is 17.2. The number of hydrogen-bond acceptors (Lipinski definition) is 3. The van der Waals surface area contributed by atoms with Crippen LogP contribution in [0.1, 0.15) is 15.9 Å². The molecule has 4 nitrogen and oxygen atoms in total. The highest BCUT2D eigenvalue weighted by Crippen LogP contribution is 2.24. The quantitative estimate of drug-likeness (QED) is 0.837. The lowest BCUT2D eigenvalue weighted by molar-refractivity contribution is 0.0781. The summed E-state index contributed by atoms with van der Waals surface area (Å²) in [7, 11) is 7.30. The molecule has 0 aliphatic rings. The molecule has 0 unspecified atom stereocenters. The van der Waals surface area contributed by atoms with E-state index >= 15 is 0 Å². The Morgan fingerprint density at radius 2 is 1.74 bits per heavy atom. The molecule has 2 rings (SSSR count). The molecule has 1 amide bonds. The fourth-order valence-corrected chi connectivity index (χ4v) is 2.47. The van der Waals surface area contributed by atoms with Gasteiger partial charge >= 0.3 is 0 Å². The molecule has 5 heteroatoms. The minimum absolute atomic E-state index is 0.124. The predicted octanol–water partition coefficient (Wildman–Crippen LogP) is 3.69. The first-order valence-corrected chi connectivity index (χ1v) is 7.65. The van der Waals surface area contributed by atoms with Crippen LogP contribution in [-0.2, 0) is 6.54 Å². The summed E-state index contributed by atoms with van der Waals surface area (Å²) in [6, 6.07) is 13.2. The Morgan fingerprint density at radius 3 is 2.30 bits per heavy atom. The van der Waals surface area contributed by atoms with Crippen LogP contribution in [0, 0.1) is 0 Å². The Kier molecular flexibility index (Phi) is 5.50. The average molecular weight is 333 g/mol. The summed E-state index contributed by atoms with van der Waals surface area (Å²) >= 11 is 6.00. The van der Waals surface area contributed by atoms with E-state index in [2.05, 4.69) is 0 Å². The number of halogens is 1. The van der Waals surface area contributed by atoms with E-state index in [1.54, 1.807) is 37.3 Å². The van der Waals surface area contributed by atoms with Gasteiger partial charge in [-0.3, -0.25) is 4.79 Å². The van der Waals surface area contributed by atoms with E-state index in [0.717, 1.165) is 11.3 Å². The summed E-state index contributed by atoms with van der Waals surface area (Å²) in [4.78, 5) is 16.3. The Labute approximate surface area is 142 Å². The van der Waals surface area contributed by atoms with Crippen molar-refractivity contribution >= 4 is 23.2 Å². The number of rotatable bonds is 5. The SMILES string of the molecule is COc1ccc(Cl)cc1C(=O)N(C)Cc1ccc(N(C)C)cc1. The molecule has 0 aliphatic carbocycles. The van der Waals surface area contributed by atoms with Crippen LogP contribution in [0.4, 0.5) is 5.69 Å². The largest absolute Gasteiger partial charge is 0.496 e. The molecule has 0 heterocycles. The zero-order valence-corrected chi connectivity index (χ0v) is 14.6. The van der Waals surface area contributed by atoms with Gasteiger partial charge in [0.2, 0.25) is 0 Å². The van der Waals surface area contributed by atoms with E-state index in [9.17, 15) is 4.79 Å². The lowest BCUT2D eigenvalue weighted by Gasteiger charge is -2.20. The number of benzene rings is 2. The summed E-state index contributed by atoms with van der Waals surface area (Å²) < 4.78 is 5.25. The van der Waals surface area contributed by atoms with Crippen molar-refractivity contribution in [2.24, 2.45) is 0 Å². The van der Waals surface area contributed by atoms with Crippen molar-refractivity contribution in [3.8, 4) is 5.75 Å². The minimum atomic E-state index is -0.124. The van der Waals surface area contributed by atoms with Gasteiger partial charge in [0.15, 0.2) is 0 Å². The Balaban J connectivity index is 2.15. The van der Waals surface area contributed by atoms with E-state index in [-0.39, 0.29) is 5.91 Å². The van der Waals surface area contributed by atoms with Crippen molar-refractivity contribution in [2.45, 2.75) is 6.54 Å². The summed E-state index contributed by atoms with van der Waals surface area (Å²) in [5.41, 5.74) is 2.65. The van der Waals surface area contributed by atoms with Crippen LogP contribution in [0.25, 0.3) is 0 Å². The molecule has 0 atom stereocenters. The molecule has 0 N–H and O–H groups in total. The smallest absolute Gasteiger partial charge is 0.257 e. The van der Waals surface area contributed by atoms with Gasteiger partial charge in [-0.15, -0.1) is 0 Å². The zero-order valence-electron chi connectivity index (χ0n) is 13.8. The van der Waals surface area contributed by atoms with Gasteiger partial charge in [0.1, 0.15) is 5.75 Å². The number of methoxy groups -OCH3 is 1. The van der Waals surface area contributed by atoms with E-state index in [1.807, 2.05) is 43.3 Å². The second-order valence-corrected chi connectivity index (χ2v) is 6.00.